The second-order valence-corrected chi connectivity index (χ2v) is 3.57. The van der Waals surface area contributed by atoms with Crippen LogP contribution < -0.4 is 15.6 Å². The van der Waals surface area contributed by atoms with Gasteiger partial charge in [-0.25, -0.2) is 0 Å². The van der Waals surface area contributed by atoms with Gasteiger partial charge in [0, 0.05) is 18.7 Å². The summed E-state index contributed by atoms with van der Waals surface area (Å²) in [5.74, 6) is 1.01. The molecule has 0 unspecified atom stereocenters. The minimum atomic E-state index is 0.723. The summed E-state index contributed by atoms with van der Waals surface area (Å²) < 4.78 is 5.67. The fourth-order valence-corrected chi connectivity index (χ4v) is 1.98. The summed E-state index contributed by atoms with van der Waals surface area (Å²) >= 11 is 0. The van der Waals surface area contributed by atoms with Gasteiger partial charge in [-0.05, 0) is 17.2 Å². The second-order valence-electron chi connectivity index (χ2n) is 3.57. The van der Waals surface area contributed by atoms with Gasteiger partial charge < -0.3 is 4.74 Å². The van der Waals surface area contributed by atoms with Crippen molar-refractivity contribution in [2.24, 2.45) is 0 Å². The second kappa shape index (κ2) is 3.12. The summed E-state index contributed by atoms with van der Waals surface area (Å²) in [5, 5.41) is 0. The Kier molecular flexibility index (Phi) is 1.79. The Labute approximate surface area is 82.7 Å². The normalized spacial score (nSPS) is 19.7. The lowest BCUT2D eigenvalue weighted by molar-refractivity contribution is 0.334. The molecule has 14 heavy (non-hydrogen) atoms. The van der Waals surface area contributed by atoms with Crippen LogP contribution in [0.1, 0.15) is 5.56 Å². The molecule has 0 spiro atoms. The Morgan fingerprint density at radius 1 is 1.07 bits per heavy atom. The van der Waals surface area contributed by atoms with E-state index in [1.807, 2.05) is 12.1 Å². The fraction of sp³-hybridized carbons (Fsp3) is 0.273. The molecule has 0 bridgehead atoms. The van der Waals surface area contributed by atoms with Gasteiger partial charge >= 0.3 is 0 Å². The van der Waals surface area contributed by atoms with E-state index < -0.39 is 0 Å². The number of ether oxygens (including phenoxy) is 1. The molecule has 0 radical (unpaired) electrons. The molecule has 0 atom stereocenters. The highest BCUT2D eigenvalue weighted by Crippen LogP contribution is 2.32. The molecule has 2 heterocycles. The third-order valence-electron chi connectivity index (χ3n) is 2.73. The average Bonchev–Trinajstić information content (AvgIpc) is 2.29. The number of hydrogen-bond acceptors (Lipinski definition) is 3. The Morgan fingerprint density at radius 2 is 1.93 bits per heavy atom. The number of hydrogen-bond donors (Lipinski definition) is 2. The number of nitrogens with one attached hydrogen (secondary N) is 2. The molecule has 0 aliphatic carbocycles. The molecule has 1 aromatic rings. The molecule has 0 amide bonds. The molecule has 2 aliphatic rings. The SMILES string of the molecule is c1ccc2c(c1)OCC1=C2CNNC1. The molecule has 0 aromatic heterocycles. The minimum Gasteiger partial charge on any atom is -0.489 e. The van der Waals surface area contributed by atoms with E-state index in [9.17, 15) is 0 Å². The smallest absolute Gasteiger partial charge is 0.127 e. The van der Waals surface area contributed by atoms with Gasteiger partial charge in [0.05, 0.1) is 0 Å². The molecule has 0 saturated heterocycles. The zero-order valence-corrected chi connectivity index (χ0v) is 7.84. The lowest BCUT2D eigenvalue weighted by atomic mass is 9.96. The van der Waals surface area contributed by atoms with Crippen molar-refractivity contribution in [2.75, 3.05) is 19.7 Å². The predicted molar refractivity (Wildman–Crippen MR) is 54.9 cm³/mol. The molecular formula is C11H12N2O. The van der Waals surface area contributed by atoms with E-state index in [-0.39, 0.29) is 0 Å². The van der Waals surface area contributed by atoms with Gasteiger partial charge in [0.1, 0.15) is 12.4 Å². The van der Waals surface area contributed by atoms with Gasteiger partial charge in [0.15, 0.2) is 0 Å². The predicted octanol–water partition coefficient (Wildman–Crippen LogP) is 0.940. The van der Waals surface area contributed by atoms with Crippen LogP contribution in [0.15, 0.2) is 29.8 Å². The molecule has 3 rings (SSSR count). The number of fused-ring (bicyclic) bond motifs is 2. The first kappa shape index (κ1) is 8.03. The summed E-state index contributed by atoms with van der Waals surface area (Å²) in [6.07, 6.45) is 0. The highest BCUT2D eigenvalue weighted by atomic mass is 16.5. The summed E-state index contributed by atoms with van der Waals surface area (Å²) in [5.41, 5.74) is 10.3. The average molecular weight is 188 g/mol. The zero-order chi connectivity index (χ0) is 9.38. The van der Waals surface area contributed by atoms with E-state index in [0.717, 1.165) is 25.4 Å². The first-order chi connectivity index (χ1) is 6.95. The van der Waals surface area contributed by atoms with Crippen molar-refractivity contribution in [3.05, 3.63) is 35.4 Å². The third-order valence-corrected chi connectivity index (χ3v) is 2.73. The maximum absolute atomic E-state index is 5.67. The van der Waals surface area contributed by atoms with E-state index in [0.29, 0.717) is 0 Å². The Morgan fingerprint density at radius 3 is 2.93 bits per heavy atom. The van der Waals surface area contributed by atoms with Gasteiger partial charge in [-0.1, -0.05) is 18.2 Å². The van der Waals surface area contributed by atoms with Crippen LogP contribution >= 0.6 is 0 Å². The van der Waals surface area contributed by atoms with Crippen molar-refractivity contribution in [2.45, 2.75) is 0 Å². The van der Waals surface area contributed by atoms with E-state index >= 15 is 0 Å². The molecule has 3 heteroatoms. The minimum absolute atomic E-state index is 0.723. The van der Waals surface area contributed by atoms with Crippen LogP contribution in [0.3, 0.4) is 0 Å². The quantitative estimate of drug-likeness (QED) is 0.635. The zero-order valence-electron chi connectivity index (χ0n) is 7.84. The summed E-state index contributed by atoms with van der Waals surface area (Å²) in [4.78, 5) is 0. The number of para-hydroxylation sites is 1. The summed E-state index contributed by atoms with van der Waals surface area (Å²) in [7, 11) is 0. The molecule has 72 valence electrons. The van der Waals surface area contributed by atoms with E-state index in [4.69, 9.17) is 4.74 Å². The lowest BCUT2D eigenvalue weighted by Gasteiger charge is -2.28. The van der Waals surface area contributed by atoms with E-state index in [1.54, 1.807) is 0 Å². The summed E-state index contributed by atoms with van der Waals surface area (Å²) in [6, 6.07) is 8.22. The van der Waals surface area contributed by atoms with Gasteiger partial charge in [-0.3, -0.25) is 10.9 Å². The lowest BCUT2D eigenvalue weighted by Crippen LogP contribution is -2.41. The van der Waals surface area contributed by atoms with Crippen molar-refractivity contribution in [3.63, 3.8) is 0 Å². The van der Waals surface area contributed by atoms with Crippen LogP contribution in [0.2, 0.25) is 0 Å². The molecule has 2 aliphatic heterocycles. The first-order valence-electron chi connectivity index (χ1n) is 4.84. The van der Waals surface area contributed by atoms with Gasteiger partial charge in [-0.2, -0.15) is 0 Å². The molecule has 3 nitrogen and oxygen atoms in total. The first-order valence-corrected chi connectivity index (χ1v) is 4.84. The van der Waals surface area contributed by atoms with Gasteiger partial charge in [0.25, 0.3) is 0 Å². The van der Waals surface area contributed by atoms with Crippen LogP contribution in [0.5, 0.6) is 5.75 Å². The van der Waals surface area contributed by atoms with Crippen molar-refractivity contribution in [1.29, 1.82) is 0 Å². The topological polar surface area (TPSA) is 33.3 Å². The van der Waals surface area contributed by atoms with Crippen molar-refractivity contribution < 1.29 is 4.74 Å². The maximum Gasteiger partial charge on any atom is 0.127 e. The van der Waals surface area contributed by atoms with Crippen molar-refractivity contribution in [1.82, 2.24) is 10.9 Å². The van der Waals surface area contributed by atoms with Gasteiger partial charge in [0.2, 0.25) is 0 Å². The molecule has 1 aromatic carbocycles. The van der Waals surface area contributed by atoms with Crippen LogP contribution in [0.4, 0.5) is 0 Å². The van der Waals surface area contributed by atoms with Crippen LogP contribution in [-0.2, 0) is 0 Å². The Balaban J connectivity index is 2.13. The van der Waals surface area contributed by atoms with E-state index in [2.05, 4.69) is 23.0 Å². The third kappa shape index (κ3) is 1.14. The van der Waals surface area contributed by atoms with E-state index in [1.165, 1.54) is 16.7 Å². The molecule has 0 saturated carbocycles. The monoisotopic (exact) mass is 188 g/mol. The van der Waals surface area contributed by atoms with Crippen LogP contribution in [0, 0.1) is 0 Å². The Hall–Kier alpha value is -1.32. The highest BCUT2D eigenvalue weighted by Gasteiger charge is 2.21. The van der Waals surface area contributed by atoms with Crippen molar-refractivity contribution >= 4 is 5.57 Å². The fourth-order valence-electron chi connectivity index (χ4n) is 1.98. The van der Waals surface area contributed by atoms with Crippen LogP contribution in [-0.4, -0.2) is 19.7 Å². The number of benzene rings is 1. The summed E-state index contributed by atoms with van der Waals surface area (Å²) in [6.45, 7) is 2.49. The number of hydrazine groups is 1. The largest absolute Gasteiger partial charge is 0.489 e. The molecule has 2 N–H and O–H groups in total. The molecule has 0 fully saturated rings. The number of rotatable bonds is 0. The highest BCUT2D eigenvalue weighted by molar-refractivity contribution is 5.76. The Bertz CT molecular complexity index is 398. The van der Waals surface area contributed by atoms with Crippen LogP contribution in [0.25, 0.3) is 5.57 Å². The molecular weight excluding hydrogens is 176 g/mol. The standard InChI is InChI=1S/C11H12N2O/c1-2-4-11-9(3-1)10-6-13-12-5-8(10)7-14-11/h1-4,12-13H,5-7H2. The van der Waals surface area contributed by atoms with Crippen molar-refractivity contribution in [3.8, 4) is 5.75 Å². The maximum atomic E-state index is 5.67. The van der Waals surface area contributed by atoms with Gasteiger partial charge in [-0.15, -0.1) is 0 Å².